The molecule has 1 aromatic rings. The maximum atomic E-state index is 3.57. The van der Waals surface area contributed by atoms with Gasteiger partial charge in [-0.25, -0.2) is 0 Å². The summed E-state index contributed by atoms with van der Waals surface area (Å²) in [6.45, 7) is 4.51. The molecule has 0 spiro atoms. The van der Waals surface area contributed by atoms with Gasteiger partial charge in [0.1, 0.15) is 0 Å². The highest BCUT2D eigenvalue weighted by Gasteiger charge is 2.11. The van der Waals surface area contributed by atoms with E-state index in [1.165, 1.54) is 26.0 Å². The Morgan fingerprint density at radius 3 is 2.58 bits per heavy atom. The molecule has 0 nitrogen and oxygen atoms in total. The summed E-state index contributed by atoms with van der Waals surface area (Å²) in [6.07, 6.45) is 2.52. The lowest BCUT2D eigenvalue weighted by molar-refractivity contribution is 0.673. The first-order valence-corrected chi connectivity index (χ1v) is 6.50. The third-order valence-electron chi connectivity index (χ3n) is 1.85. The second-order valence-corrected chi connectivity index (χ2v) is 6.27. The molecule has 0 aliphatic carbocycles. The van der Waals surface area contributed by atoms with Gasteiger partial charge in [-0.3, -0.25) is 0 Å². The monoisotopic (exact) mass is 310 g/mol. The Hall–Kier alpha value is 0.660. The van der Waals surface area contributed by atoms with Crippen molar-refractivity contribution in [1.29, 1.82) is 0 Å². The maximum Gasteiger partial charge on any atom is 0.0713 e. The first-order chi connectivity index (χ1) is 5.65. The fraction of sp³-hybridized carbons (Fsp3) is 0.556. The average molecular weight is 312 g/mol. The maximum absolute atomic E-state index is 3.57. The van der Waals surface area contributed by atoms with E-state index in [0.717, 1.165) is 0 Å². The fourth-order valence-corrected chi connectivity index (χ4v) is 4.19. The number of halogens is 2. The van der Waals surface area contributed by atoms with Crippen molar-refractivity contribution in [3.63, 3.8) is 0 Å². The molecule has 1 aromatic heterocycles. The Labute approximate surface area is 94.6 Å². The van der Waals surface area contributed by atoms with Gasteiger partial charge in [0.2, 0.25) is 0 Å². The van der Waals surface area contributed by atoms with Gasteiger partial charge < -0.3 is 0 Å². The van der Waals surface area contributed by atoms with E-state index < -0.39 is 0 Å². The summed E-state index contributed by atoms with van der Waals surface area (Å²) >= 11 is 8.89. The van der Waals surface area contributed by atoms with E-state index >= 15 is 0 Å². The van der Waals surface area contributed by atoms with Gasteiger partial charge in [-0.05, 0) is 50.3 Å². The molecular weight excluding hydrogens is 300 g/mol. The molecule has 0 amide bonds. The second-order valence-electron chi connectivity index (χ2n) is 2.95. The summed E-state index contributed by atoms with van der Waals surface area (Å²) in [5, 5.41) is 0. The van der Waals surface area contributed by atoms with Gasteiger partial charge in [-0.2, -0.15) is 0 Å². The number of hydrogen-bond donors (Lipinski definition) is 0. The van der Waals surface area contributed by atoms with E-state index in [-0.39, 0.29) is 0 Å². The van der Waals surface area contributed by atoms with Crippen LogP contribution in [0.5, 0.6) is 0 Å². The summed E-state index contributed by atoms with van der Waals surface area (Å²) in [6, 6.07) is 2.13. The zero-order valence-electron chi connectivity index (χ0n) is 7.23. The molecule has 0 unspecified atom stereocenters. The molecule has 0 aromatic carbocycles. The van der Waals surface area contributed by atoms with Crippen LogP contribution in [0.25, 0.3) is 0 Å². The summed E-state index contributed by atoms with van der Waals surface area (Å²) in [5.74, 6) is 0.681. The van der Waals surface area contributed by atoms with Crippen LogP contribution in [0.2, 0.25) is 0 Å². The topological polar surface area (TPSA) is 0 Å². The van der Waals surface area contributed by atoms with Crippen LogP contribution in [0.4, 0.5) is 0 Å². The zero-order chi connectivity index (χ0) is 9.14. The Bertz CT molecular complexity index is 255. The average Bonchev–Trinajstić information content (AvgIpc) is 2.30. The van der Waals surface area contributed by atoms with E-state index in [1.807, 2.05) is 11.3 Å². The molecule has 0 aliphatic rings. The Morgan fingerprint density at radius 2 is 2.17 bits per heavy atom. The summed E-state index contributed by atoms with van der Waals surface area (Å²) in [4.78, 5) is 1.46. The van der Waals surface area contributed by atoms with Gasteiger partial charge in [-0.15, -0.1) is 11.3 Å². The molecule has 12 heavy (non-hydrogen) atoms. The van der Waals surface area contributed by atoms with Gasteiger partial charge in [0, 0.05) is 9.35 Å². The molecule has 1 heterocycles. The first-order valence-electron chi connectivity index (χ1n) is 4.09. The SMILES string of the molecule is CCC[C@@H](C)c1sc(Br)cc1Br. The zero-order valence-corrected chi connectivity index (χ0v) is 11.2. The Morgan fingerprint density at radius 1 is 1.50 bits per heavy atom. The van der Waals surface area contributed by atoms with Gasteiger partial charge in [0.25, 0.3) is 0 Å². The Balaban J connectivity index is 2.79. The predicted molar refractivity (Wildman–Crippen MR) is 63.0 cm³/mol. The Kier molecular flexibility index (Phi) is 4.27. The largest absolute Gasteiger partial charge is 0.132 e. The van der Waals surface area contributed by atoms with E-state index in [2.05, 4.69) is 51.8 Å². The van der Waals surface area contributed by atoms with Crippen LogP contribution in [-0.2, 0) is 0 Å². The molecule has 0 N–H and O–H groups in total. The van der Waals surface area contributed by atoms with E-state index in [9.17, 15) is 0 Å². The number of thiophene rings is 1. The van der Waals surface area contributed by atoms with Crippen LogP contribution in [-0.4, -0.2) is 0 Å². The van der Waals surface area contributed by atoms with Gasteiger partial charge >= 0.3 is 0 Å². The van der Waals surface area contributed by atoms with Crippen molar-refractivity contribution in [2.75, 3.05) is 0 Å². The minimum absolute atomic E-state index is 0.681. The number of hydrogen-bond acceptors (Lipinski definition) is 1. The minimum Gasteiger partial charge on any atom is -0.132 e. The van der Waals surface area contributed by atoms with E-state index in [0.29, 0.717) is 5.92 Å². The predicted octanol–water partition coefficient (Wildman–Crippen LogP) is 5.18. The van der Waals surface area contributed by atoms with Gasteiger partial charge in [0.15, 0.2) is 0 Å². The fourth-order valence-electron chi connectivity index (χ4n) is 1.25. The second kappa shape index (κ2) is 4.77. The molecule has 0 saturated carbocycles. The molecule has 68 valence electrons. The molecule has 0 bridgehead atoms. The van der Waals surface area contributed by atoms with Crippen molar-refractivity contribution in [2.24, 2.45) is 0 Å². The van der Waals surface area contributed by atoms with Gasteiger partial charge in [-0.1, -0.05) is 20.3 Å². The van der Waals surface area contributed by atoms with Crippen molar-refractivity contribution >= 4 is 43.2 Å². The van der Waals surface area contributed by atoms with Crippen molar-refractivity contribution in [2.45, 2.75) is 32.6 Å². The lowest BCUT2D eigenvalue weighted by Gasteiger charge is -2.07. The van der Waals surface area contributed by atoms with Crippen LogP contribution < -0.4 is 0 Å². The van der Waals surface area contributed by atoms with Crippen LogP contribution in [0.15, 0.2) is 14.3 Å². The van der Waals surface area contributed by atoms with Crippen molar-refractivity contribution in [3.8, 4) is 0 Å². The lowest BCUT2D eigenvalue weighted by atomic mass is 10.1. The molecular formula is C9H12Br2S. The van der Waals surface area contributed by atoms with Crippen molar-refractivity contribution < 1.29 is 0 Å². The van der Waals surface area contributed by atoms with Gasteiger partial charge in [0.05, 0.1) is 3.79 Å². The summed E-state index contributed by atoms with van der Waals surface area (Å²) in [5.41, 5.74) is 0. The van der Waals surface area contributed by atoms with Crippen LogP contribution >= 0.6 is 43.2 Å². The molecule has 1 rings (SSSR count). The highest BCUT2D eigenvalue weighted by Crippen LogP contribution is 2.37. The molecule has 0 saturated heterocycles. The minimum atomic E-state index is 0.681. The van der Waals surface area contributed by atoms with Crippen LogP contribution in [0.1, 0.15) is 37.5 Å². The highest BCUT2D eigenvalue weighted by molar-refractivity contribution is 9.11. The third kappa shape index (κ3) is 2.57. The van der Waals surface area contributed by atoms with E-state index in [1.54, 1.807) is 0 Å². The summed E-state index contributed by atoms with van der Waals surface area (Å²) < 4.78 is 2.47. The first kappa shape index (κ1) is 10.7. The van der Waals surface area contributed by atoms with Crippen LogP contribution in [0, 0.1) is 0 Å². The smallest absolute Gasteiger partial charge is 0.0713 e. The third-order valence-corrected chi connectivity index (χ3v) is 4.64. The van der Waals surface area contributed by atoms with Crippen LogP contribution in [0.3, 0.4) is 0 Å². The quantitative estimate of drug-likeness (QED) is 0.722. The van der Waals surface area contributed by atoms with Crippen molar-refractivity contribution in [3.05, 3.63) is 19.2 Å². The van der Waals surface area contributed by atoms with Crippen molar-refractivity contribution in [1.82, 2.24) is 0 Å². The summed E-state index contributed by atoms with van der Waals surface area (Å²) in [7, 11) is 0. The normalized spacial score (nSPS) is 13.3. The lowest BCUT2D eigenvalue weighted by Crippen LogP contribution is -1.88. The molecule has 0 aliphatic heterocycles. The van der Waals surface area contributed by atoms with E-state index in [4.69, 9.17) is 0 Å². The molecule has 0 radical (unpaired) electrons. The standard InChI is InChI=1S/C9H12Br2S/c1-3-4-6(2)9-7(10)5-8(11)12-9/h5-6H,3-4H2,1-2H3/t6-/m1/s1. The highest BCUT2D eigenvalue weighted by atomic mass is 79.9. The molecule has 3 heteroatoms. The molecule has 1 atom stereocenters. The number of rotatable bonds is 3. The molecule has 0 fully saturated rings.